The third-order valence-corrected chi connectivity index (χ3v) is 6.11. The number of nitrogens with zero attached hydrogens (tertiary/aromatic N) is 5. The molecule has 146 valence electrons. The standard InChI is InChI=1S/C22H15N5OS2/c1-3-7-16(8-4-1)20-15-29-22(23-20)30-21-24-25-26-27(21)17-11-13-19(14-12-17)28-18-9-5-2-6-10-18/h1-15H. The van der Waals surface area contributed by atoms with Crippen LogP contribution in [0.15, 0.2) is 99.8 Å². The Balaban J connectivity index is 1.33. The first-order chi connectivity index (χ1) is 14.8. The Bertz CT molecular complexity index is 1240. The average Bonchev–Trinajstić information content (AvgIpc) is 3.46. The van der Waals surface area contributed by atoms with Gasteiger partial charge in [-0.15, -0.1) is 16.4 Å². The van der Waals surface area contributed by atoms with E-state index in [2.05, 4.69) is 15.5 Å². The van der Waals surface area contributed by atoms with E-state index in [4.69, 9.17) is 9.72 Å². The van der Waals surface area contributed by atoms with E-state index in [1.807, 2.05) is 90.3 Å². The Morgan fingerprint density at radius 1 is 0.800 bits per heavy atom. The number of hydrogen-bond acceptors (Lipinski definition) is 7. The molecule has 0 aliphatic rings. The van der Waals surface area contributed by atoms with E-state index in [1.165, 1.54) is 11.8 Å². The van der Waals surface area contributed by atoms with E-state index in [1.54, 1.807) is 16.0 Å². The SMILES string of the molecule is c1ccc(Oc2ccc(-n3nnnc3Sc3nc(-c4ccccc4)cs3)cc2)cc1. The van der Waals surface area contributed by atoms with Gasteiger partial charge >= 0.3 is 0 Å². The molecule has 8 heteroatoms. The molecule has 2 heterocycles. The number of para-hydroxylation sites is 1. The number of tetrazole rings is 1. The molecule has 2 aromatic heterocycles. The van der Waals surface area contributed by atoms with Crippen LogP contribution in [0.2, 0.25) is 0 Å². The topological polar surface area (TPSA) is 65.7 Å². The van der Waals surface area contributed by atoms with E-state index in [9.17, 15) is 0 Å². The molecule has 0 N–H and O–H groups in total. The summed E-state index contributed by atoms with van der Waals surface area (Å²) in [5.74, 6) is 1.54. The first-order valence-corrected chi connectivity index (χ1v) is 10.9. The number of benzene rings is 3. The summed E-state index contributed by atoms with van der Waals surface area (Å²) >= 11 is 3.01. The first kappa shape index (κ1) is 18.5. The van der Waals surface area contributed by atoms with Crippen LogP contribution in [0.4, 0.5) is 0 Å². The lowest BCUT2D eigenvalue weighted by Crippen LogP contribution is -1.98. The summed E-state index contributed by atoms with van der Waals surface area (Å²) in [4.78, 5) is 4.70. The lowest BCUT2D eigenvalue weighted by Gasteiger charge is -2.07. The Morgan fingerprint density at radius 3 is 2.27 bits per heavy atom. The predicted molar refractivity (Wildman–Crippen MR) is 117 cm³/mol. The highest BCUT2D eigenvalue weighted by molar-refractivity contribution is 8.00. The second-order valence-corrected chi connectivity index (χ2v) is 8.32. The van der Waals surface area contributed by atoms with Gasteiger partial charge in [0, 0.05) is 10.9 Å². The highest BCUT2D eigenvalue weighted by Crippen LogP contribution is 2.33. The summed E-state index contributed by atoms with van der Waals surface area (Å²) < 4.78 is 8.43. The maximum absolute atomic E-state index is 5.85. The Hall–Kier alpha value is -3.49. The van der Waals surface area contributed by atoms with E-state index in [0.717, 1.165) is 32.8 Å². The fraction of sp³-hybridized carbons (Fsp3) is 0. The van der Waals surface area contributed by atoms with Gasteiger partial charge in [-0.1, -0.05) is 48.5 Å². The highest BCUT2D eigenvalue weighted by atomic mass is 32.2. The van der Waals surface area contributed by atoms with Crippen molar-refractivity contribution >= 4 is 23.1 Å². The quantitative estimate of drug-likeness (QED) is 0.343. The van der Waals surface area contributed by atoms with Crippen molar-refractivity contribution in [2.24, 2.45) is 0 Å². The van der Waals surface area contributed by atoms with Crippen LogP contribution in [0.3, 0.4) is 0 Å². The molecule has 0 radical (unpaired) electrons. The molecule has 3 aromatic carbocycles. The average molecular weight is 430 g/mol. The second kappa shape index (κ2) is 8.48. The first-order valence-electron chi connectivity index (χ1n) is 9.16. The summed E-state index contributed by atoms with van der Waals surface area (Å²) in [6.45, 7) is 0. The molecule has 0 fully saturated rings. The third kappa shape index (κ3) is 4.10. The molecule has 0 saturated carbocycles. The van der Waals surface area contributed by atoms with Gasteiger partial charge in [-0.05, 0) is 58.6 Å². The summed E-state index contributed by atoms with van der Waals surface area (Å²) in [6.07, 6.45) is 0. The maximum atomic E-state index is 5.85. The summed E-state index contributed by atoms with van der Waals surface area (Å²) in [7, 11) is 0. The minimum Gasteiger partial charge on any atom is -0.457 e. The van der Waals surface area contributed by atoms with Crippen molar-refractivity contribution in [1.29, 1.82) is 0 Å². The normalized spacial score (nSPS) is 10.8. The smallest absolute Gasteiger partial charge is 0.221 e. The zero-order chi connectivity index (χ0) is 20.2. The van der Waals surface area contributed by atoms with Crippen LogP contribution in [-0.2, 0) is 0 Å². The van der Waals surface area contributed by atoms with Crippen LogP contribution in [-0.4, -0.2) is 25.2 Å². The molecule has 5 rings (SSSR count). The lowest BCUT2D eigenvalue weighted by molar-refractivity contribution is 0.482. The van der Waals surface area contributed by atoms with Crippen molar-refractivity contribution in [3.63, 3.8) is 0 Å². The van der Waals surface area contributed by atoms with Crippen molar-refractivity contribution in [1.82, 2.24) is 25.2 Å². The van der Waals surface area contributed by atoms with Gasteiger partial charge in [-0.25, -0.2) is 4.98 Å². The minimum absolute atomic E-state index is 0.653. The maximum Gasteiger partial charge on any atom is 0.221 e. The fourth-order valence-electron chi connectivity index (χ4n) is 2.81. The summed E-state index contributed by atoms with van der Waals surface area (Å²) in [5.41, 5.74) is 2.89. The molecule has 0 saturated heterocycles. The van der Waals surface area contributed by atoms with Crippen molar-refractivity contribution in [2.45, 2.75) is 9.50 Å². The van der Waals surface area contributed by atoms with E-state index < -0.39 is 0 Å². The predicted octanol–water partition coefficient (Wildman–Crippen LogP) is 5.73. The van der Waals surface area contributed by atoms with Crippen LogP contribution in [0.25, 0.3) is 16.9 Å². The number of rotatable bonds is 6. The zero-order valence-corrected chi connectivity index (χ0v) is 17.3. The second-order valence-electron chi connectivity index (χ2n) is 6.25. The molecule has 0 aliphatic heterocycles. The van der Waals surface area contributed by atoms with Crippen molar-refractivity contribution in [2.75, 3.05) is 0 Å². The van der Waals surface area contributed by atoms with Crippen molar-refractivity contribution < 1.29 is 4.74 Å². The van der Waals surface area contributed by atoms with Gasteiger partial charge < -0.3 is 4.74 Å². The summed E-state index contributed by atoms with van der Waals surface area (Å²) in [5, 5.41) is 14.8. The highest BCUT2D eigenvalue weighted by Gasteiger charge is 2.13. The molecular formula is C22H15N5OS2. The number of ether oxygens (including phenoxy) is 1. The molecule has 0 atom stereocenters. The molecule has 0 bridgehead atoms. The largest absolute Gasteiger partial charge is 0.457 e. The van der Waals surface area contributed by atoms with Gasteiger partial charge in [0.25, 0.3) is 0 Å². The Kier molecular flexibility index (Phi) is 5.24. The molecule has 30 heavy (non-hydrogen) atoms. The van der Waals surface area contributed by atoms with E-state index >= 15 is 0 Å². The molecule has 0 aliphatic carbocycles. The van der Waals surface area contributed by atoms with Crippen LogP contribution >= 0.6 is 23.1 Å². The van der Waals surface area contributed by atoms with Crippen LogP contribution < -0.4 is 4.74 Å². The van der Waals surface area contributed by atoms with Gasteiger partial charge in [0.05, 0.1) is 11.4 Å². The number of aromatic nitrogens is 5. The van der Waals surface area contributed by atoms with Gasteiger partial charge in [0.2, 0.25) is 5.16 Å². The molecule has 0 spiro atoms. The van der Waals surface area contributed by atoms with Gasteiger partial charge in [0.1, 0.15) is 11.5 Å². The van der Waals surface area contributed by atoms with Crippen molar-refractivity contribution in [3.8, 4) is 28.4 Å². The van der Waals surface area contributed by atoms with Crippen LogP contribution in [0.5, 0.6) is 11.5 Å². The lowest BCUT2D eigenvalue weighted by atomic mass is 10.2. The monoisotopic (exact) mass is 429 g/mol. The van der Waals surface area contributed by atoms with Gasteiger partial charge in [-0.2, -0.15) is 4.68 Å². The van der Waals surface area contributed by atoms with E-state index in [-0.39, 0.29) is 0 Å². The molecule has 6 nitrogen and oxygen atoms in total. The summed E-state index contributed by atoms with van der Waals surface area (Å²) in [6, 6.07) is 27.4. The minimum atomic E-state index is 0.653. The third-order valence-electron chi connectivity index (χ3n) is 4.23. The van der Waals surface area contributed by atoms with Crippen LogP contribution in [0.1, 0.15) is 0 Å². The number of hydrogen-bond donors (Lipinski definition) is 0. The molecule has 0 unspecified atom stereocenters. The Morgan fingerprint density at radius 2 is 1.50 bits per heavy atom. The zero-order valence-electron chi connectivity index (χ0n) is 15.6. The molecule has 5 aromatic rings. The molecular weight excluding hydrogens is 414 g/mol. The van der Waals surface area contributed by atoms with Gasteiger partial charge in [0.15, 0.2) is 4.34 Å². The van der Waals surface area contributed by atoms with Gasteiger partial charge in [-0.3, -0.25) is 0 Å². The Labute approximate surface area is 181 Å². The van der Waals surface area contributed by atoms with Crippen LogP contribution in [0, 0.1) is 0 Å². The fourth-order valence-corrected chi connectivity index (χ4v) is 4.53. The molecule has 0 amide bonds. The van der Waals surface area contributed by atoms with E-state index in [0.29, 0.717) is 5.16 Å². The van der Waals surface area contributed by atoms with Crippen molar-refractivity contribution in [3.05, 3.63) is 90.3 Å². The number of thiazole rings is 1.